The Kier molecular flexibility index (Phi) is 5.81. The molecule has 0 radical (unpaired) electrons. The van der Waals surface area contributed by atoms with E-state index in [0.29, 0.717) is 26.2 Å². The Morgan fingerprint density at radius 2 is 0.970 bits per heavy atom. The summed E-state index contributed by atoms with van der Waals surface area (Å²) in [6, 6.07) is 27.5. The van der Waals surface area contributed by atoms with Gasteiger partial charge in [0.1, 0.15) is 0 Å². The van der Waals surface area contributed by atoms with Gasteiger partial charge in [-0.05, 0) is 29.3 Å². The third-order valence-electron chi connectivity index (χ3n) is 6.13. The fraction of sp³-hybridized carbons (Fsp3) is 0.185. The van der Waals surface area contributed by atoms with Gasteiger partial charge in [0.25, 0.3) is 0 Å². The minimum Gasteiger partial charge on any atom is -0.323 e. The second kappa shape index (κ2) is 9.20. The van der Waals surface area contributed by atoms with Crippen LogP contribution >= 0.6 is 0 Å². The van der Waals surface area contributed by atoms with Gasteiger partial charge >= 0.3 is 12.1 Å². The molecular formula is C27H26N4O2. The number of nitrogens with one attached hydrogen (secondary N) is 2. The zero-order chi connectivity index (χ0) is 22.6. The molecule has 1 aliphatic rings. The Bertz CT molecular complexity index is 1210. The Hall–Kier alpha value is -4.06. The van der Waals surface area contributed by atoms with Crippen LogP contribution in [0.15, 0.2) is 84.9 Å². The first kappa shape index (κ1) is 20.8. The van der Waals surface area contributed by atoms with Crippen LogP contribution in [0.1, 0.15) is 6.42 Å². The topological polar surface area (TPSA) is 64.7 Å². The lowest BCUT2D eigenvalue weighted by Crippen LogP contribution is -2.40. The van der Waals surface area contributed by atoms with Crippen molar-refractivity contribution in [2.24, 2.45) is 0 Å². The van der Waals surface area contributed by atoms with Crippen LogP contribution in [0.2, 0.25) is 0 Å². The summed E-state index contributed by atoms with van der Waals surface area (Å²) in [5, 5.41) is 10.3. The van der Waals surface area contributed by atoms with Gasteiger partial charge in [0.15, 0.2) is 0 Å². The zero-order valence-corrected chi connectivity index (χ0v) is 18.3. The van der Waals surface area contributed by atoms with E-state index in [4.69, 9.17) is 0 Å². The van der Waals surface area contributed by atoms with E-state index in [0.717, 1.165) is 39.3 Å². The lowest BCUT2D eigenvalue weighted by molar-refractivity contribution is 0.205. The highest BCUT2D eigenvalue weighted by atomic mass is 16.2. The predicted octanol–water partition coefficient (Wildman–Crippen LogP) is 5.76. The van der Waals surface area contributed by atoms with E-state index >= 15 is 0 Å². The number of nitrogens with zero attached hydrogens (tertiary/aromatic N) is 2. The molecule has 0 atom stereocenters. The minimum absolute atomic E-state index is 0.136. The van der Waals surface area contributed by atoms with Crippen LogP contribution < -0.4 is 10.6 Å². The molecule has 5 rings (SSSR count). The molecule has 0 aliphatic carbocycles. The zero-order valence-electron chi connectivity index (χ0n) is 18.3. The quantitative estimate of drug-likeness (QED) is 0.418. The maximum absolute atomic E-state index is 13.0. The SMILES string of the molecule is O=C(Nc1cccc2ccccc12)N1CCCN(C(=O)Nc2cccc3ccccc23)CC1. The molecule has 4 amide bonds. The first-order valence-electron chi connectivity index (χ1n) is 11.3. The fourth-order valence-electron chi connectivity index (χ4n) is 4.38. The number of amides is 4. The molecule has 1 fully saturated rings. The van der Waals surface area contributed by atoms with Crippen molar-refractivity contribution in [1.82, 2.24) is 9.80 Å². The molecule has 2 N–H and O–H groups in total. The van der Waals surface area contributed by atoms with Gasteiger partial charge in [-0.3, -0.25) is 0 Å². The first-order chi connectivity index (χ1) is 16.2. The van der Waals surface area contributed by atoms with Crippen LogP contribution in [0, 0.1) is 0 Å². The molecule has 4 aromatic carbocycles. The largest absolute Gasteiger partial charge is 0.323 e. The molecular weight excluding hydrogens is 412 g/mol. The lowest BCUT2D eigenvalue weighted by atomic mass is 10.1. The number of hydrogen-bond donors (Lipinski definition) is 2. The highest BCUT2D eigenvalue weighted by Crippen LogP contribution is 2.25. The molecule has 4 aromatic rings. The molecule has 0 saturated carbocycles. The standard InChI is InChI=1S/C27H26N4O2/c32-26(28-24-14-5-10-20-8-1-3-12-22(20)24)30-16-7-17-31(19-18-30)27(33)29-25-15-6-11-21-9-2-4-13-23(21)25/h1-6,8-15H,7,16-19H2,(H,28,32)(H,29,33). The molecule has 6 nitrogen and oxygen atoms in total. The van der Waals surface area contributed by atoms with Crippen molar-refractivity contribution in [3.63, 3.8) is 0 Å². The smallest absolute Gasteiger partial charge is 0.321 e. The number of carbonyl (C=O) groups is 2. The second-order valence-electron chi connectivity index (χ2n) is 8.24. The van der Waals surface area contributed by atoms with Gasteiger partial charge < -0.3 is 20.4 Å². The van der Waals surface area contributed by atoms with Crippen molar-refractivity contribution in [3.8, 4) is 0 Å². The third kappa shape index (κ3) is 4.46. The predicted molar refractivity (Wildman–Crippen MR) is 134 cm³/mol. The number of urea groups is 2. The molecule has 1 saturated heterocycles. The average molecular weight is 439 g/mol. The van der Waals surface area contributed by atoms with Gasteiger partial charge in [-0.1, -0.05) is 72.8 Å². The maximum atomic E-state index is 13.0. The Morgan fingerprint density at radius 3 is 1.45 bits per heavy atom. The molecule has 166 valence electrons. The van der Waals surface area contributed by atoms with E-state index in [1.807, 2.05) is 84.9 Å². The van der Waals surface area contributed by atoms with E-state index in [9.17, 15) is 9.59 Å². The van der Waals surface area contributed by atoms with Crippen molar-refractivity contribution < 1.29 is 9.59 Å². The van der Waals surface area contributed by atoms with Gasteiger partial charge in [-0.15, -0.1) is 0 Å². The molecule has 0 spiro atoms. The van der Waals surface area contributed by atoms with Crippen LogP contribution in [0.25, 0.3) is 21.5 Å². The van der Waals surface area contributed by atoms with Crippen LogP contribution in [0.3, 0.4) is 0 Å². The van der Waals surface area contributed by atoms with Gasteiger partial charge in [0.05, 0.1) is 11.4 Å². The monoisotopic (exact) mass is 438 g/mol. The molecule has 0 aromatic heterocycles. The van der Waals surface area contributed by atoms with Crippen molar-refractivity contribution in [1.29, 1.82) is 0 Å². The summed E-state index contributed by atoms with van der Waals surface area (Å²) in [6.07, 6.45) is 0.728. The van der Waals surface area contributed by atoms with E-state index < -0.39 is 0 Å². The number of carbonyl (C=O) groups excluding carboxylic acids is 2. The average Bonchev–Trinajstić information content (AvgIpc) is 3.11. The van der Waals surface area contributed by atoms with Crippen LogP contribution in [0.5, 0.6) is 0 Å². The van der Waals surface area contributed by atoms with Crippen LogP contribution in [0.4, 0.5) is 21.0 Å². The second-order valence-corrected chi connectivity index (χ2v) is 8.24. The number of fused-ring (bicyclic) bond motifs is 2. The summed E-state index contributed by atoms with van der Waals surface area (Å²) in [6.45, 7) is 2.18. The summed E-state index contributed by atoms with van der Waals surface area (Å²) < 4.78 is 0. The Balaban J connectivity index is 1.24. The molecule has 0 unspecified atom stereocenters. The molecule has 1 heterocycles. The molecule has 0 bridgehead atoms. The van der Waals surface area contributed by atoms with E-state index in [-0.39, 0.29) is 12.1 Å². The number of benzene rings is 4. The van der Waals surface area contributed by atoms with Gasteiger partial charge in [0.2, 0.25) is 0 Å². The fourth-order valence-corrected chi connectivity index (χ4v) is 4.38. The number of anilines is 2. The number of rotatable bonds is 2. The van der Waals surface area contributed by atoms with E-state index in [2.05, 4.69) is 10.6 Å². The van der Waals surface area contributed by atoms with E-state index in [1.165, 1.54) is 0 Å². The summed E-state index contributed by atoms with van der Waals surface area (Å²) in [5.74, 6) is 0. The highest BCUT2D eigenvalue weighted by Gasteiger charge is 2.22. The molecule has 6 heteroatoms. The lowest BCUT2D eigenvalue weighted by Gasteiger charge is -2.23. The Labute approximate surface area is 192 Å². The van der Waals surface area contributed by atoms with Crippen molar-refractivity contribution in [3.05, 3.63) is 84.9 Å². The molecule has 33 heavy (non-hydrogen) atoms. The summed E-state index contributed by atoms with van der Waals surface area (Å²) >= 11 is 0. The summed E-state index contributed by atoms with van der Waals surface area (Å²) in [7, 11) is 0. The third-order valence-corrected chi connectivity index (χ3v) is 6.13. The number of hydrogen-bond acceptors (Lipinski definition) is 2. The molecule has 1 aliphatic heterocycles. The van der Waals surface area contributed by atoms with Crippen LogP contribution in [-0.2, 0) is 0 Å². The summed E-state index contributed by atoms with van der Waals surface area (Å²) in [4.78, 5) is 29.5. The van der Waals surface area contributed by atoms with E-state index in [1.54, 1.807) is 9.80 Å². The minimum atomic E-state index is -0.136. The highest BCUT2D eigenvalue weighted by molar-refractivity contribution is 6.02. The normalized spacial score (nSPS) is 14.2. The van der Waals surface area contributed by atoms with Crippen LogP contribution in [-0.4, -0.2) is 48.0 Å². The van der Waals surface area contributed by atoms with Crippen molar-refractivity contribution in [2.75, 3.05) is 36.8 Å². The van der Waals surface area contributed by atoms with Gasteiger partial charge in [-0.25, -0.2) is 9.59 Å². The summed E-state index contributed by atoms with van der Waals surface area (Å²) in [5.41, 5.74) is 1.60. The van der Waals surface area contributed by atoms with Crippen molar-refractivity contribution in [2.45, 2.75) is 6.42 Å². The first-order valence-corrected chi connectivity index (χ1v) is 11.3. The van der Waals surface area contributed by atoms with Gasteiger partial charge in [-0.2, -0.15) is 0 Å². The maximum Gasteiger partial charge on any atom is 0.321 e. The van der Waals surface area contributed by atoms with Gasteiger partial charge in [0, 0.05) is 37.0 Å². The Morgan fingerprint density at radius 1 is 0.545 bits per heavy atom. The van der Waals surface area contributed by atoms with Crippen molar-refractivity contribution >= 4 is 45.0 Å².